The van der Waals surface area contributed by atoms with Crippen LogP contribution in [0.2, 0.25) is 0 Å². The predicted molar refractivity (Wildman–Crippen MR) is 75.0 cm³/mol. The Kier molecular flexibility index (Phi) is 4.60. The number of hydrogen-bond acceptors (Lipinski definition) is 4. The van der Waals surface area contributed by atoms with E-state index < -0.39 is 0 Å². The van der Waals surface area contributed by atoms with E-state index in [1.807, 2.05) is 24.3 Å². The average molecular weight is 275 g/mol. The summed E-state index contributed by atoms with van der Waals surface area (Å²) in [4.78, 5) is 11.6. The monoisotopic (exact) mass is 275 g/mol. The molecule has 2 aromatic rings. The zero-order valence-electron chi connectivity index (χ0n) is 11.5. The Balaban J connectivity index is 1.73. The minimum Gasteiger partial charge on any atom is -0.497 e. The summed E-state index contributed by atoms with van der Waals surface area (Å²) in [5.41, 5.74) is 1.85. The number of anilines is 1. The van der Waals surface area contributed by atoms with Gasteiger partial charge in [-0.15, -0.1) is 0 Å². The molecule has 2 N–H and O–H groups in total. The summed E-state index contributed by atoms with van der Waals surface area (Å²) in [6, 6.07) is 9.08. The summed E-state index contributed by atoms with van der Waals surface area (Å²) in [7, 11) is 1.63. The van der Waals surface area contributed by atoms with Crippen molar-refractivity contribution in [3.63, 3.8) is 0 Å². The molecule has 0 spiro atoms. The summed E-state index contributed by atoms with van der Waals surface area (Å²) < 4.78 is 9.97. The fourth-order valence-corrected chi connectivity index (χ4v) is 1.69. The largest absolute Gasteiger partial charge is 0.497 e. The maximum atomic E-state index is 11.6. The van der Waals surface area contributed by atoms with Gasteiger partial charge in [0.1, 0.15) is 5.75 Å². The molecule has 0 aliphatic rings. The number of nitrogens with zero attached hydrogens (tertiary/aromatic N) is 1. The Hall–Kier alpha value is -2.50. The average Bonchev–Trinajstić information content (AvgIpc) is 2.85. The fourth-order valence-electron chi connectivity index (χ4n) is 1.69. The third kappa shape index (κ3) is 4.01. The van der Waals surface area contributed by atoms with Crippen LogP contribution in [0.5, 0.6) is 5.75 Å². The lowest BCUT2D eigenvalue weighted by molar-refractivity contribution is 0.251. The van der Waals surface area contributed by atoms with Gasteiger partial charge in [-0.3, -0.25) is 5.32 Å². The first-order valence-electron chi connectivity index (χ1n) is 6.28. The van der Waals surface area contributed by atoms with Crippen LogP contribution in [-0.4, -0.2) is 24.8 Å². The first-order chi connectivity index (χ1) is 9.67. The molecule has 6 nitrogen and oxygen atoms in total. The predicted octanol–water partition coefficient (Wildman–Crippen LogP) is 2.36. The second-order valence-corrected chi connectivity index (χ2v) is 4.31. The highest BCUT2D eigenvalue weighted by Gasteiger charge is 2.05. The van der Waals surface area contributed by atoms with Crippen LogP contribution in [0.15, 0.2) is 34.9 Å². The van der Waals surface area contributed by atoms with E-state index in [9.17, 15) is 4.79 Å². The molecule has 20 heavy (non-hydrogen) atoms. The molecule has 0 atom stereocenters. The summed E-state index contributed by atoms with van der Waals surface area (Å²) in [5.74, 6) is 1.16. The second-order valence-electron chi connectivity index (χ2n) is 4.31. The molecule has 0 fully saturated rings. The van der Waals surface area contributed by atoms with Gasteiger partial charge >= 0.3 is 6.03 Å². The van der Waals surface area contributed by atoms with Gasteiger partial charge in [0.2, 0.25) is 5.88 Å². The van der Waals surface area contributed by atoms with E-state index >= 15 is 0 Å². The molecule has 0 saturated heterocycles. The van der Waals surface area contributed by atoms with Gasteiger partial charge < -0.3 is 14.6 Å². The molecule has 0 bridgehead atoms. The van der Waals surface area contributed by atoms with Crippen LogP contribution in [-0.2, 0) is 6.42 Å². The van der Waals surface area contributed by atoms with Gasteiger partial charge in [0.05, 0.1) is 12.8 Å². The Morgan fingerprint density at radius 2 is 2.10 bits per heavy atom. The van der Waals surface area contributed by atoms with E-state index in [2.05, 4.69) is 15.8 Å². The number of carbonyl (C=O) groups excluding carboxylic acids is 1. The van der Waals surface area contributed by atoms with E-state index in [0.29, 0.717) is 12.4 Å². The van der Waals surface area contributed by atoms with Crippen molar-refractivity contribution in [3.05, 3.63) is 41.6 Å². The molecular formula is C14H17N3O3. The number of aromatic nitrogens is 1. The standard InChI is InChI=1S/C14H17N3O3/c1-10-9-13(20-17-10)16-14(18)15-8-7-11-3-5-12(19-2)6-4-11/h3-6,9H,7-8H2,1-2H3,(H2,15,16,18). The molecule has 2 amide bonds. The molecule has 0 aliphatic carbocycles. The number of carbonyl (C=O) groups is 1. The van der Waals surface area contributed by atoms with Crippen molar-refractivity contribution >= 4 is 11.9 Å². The van der Waals surface area contributed by atoms with Gasteiger partial charge in [0.15, 0.2) is 0 Å². The van der Waals surface area contributed by atoms with E-state index in [4.69, 9.17) is 9.26 Å². The number of nitrogens with one attached hydrogen (secondary N) is 2. The topological polar surface area (TPSA) is 76.4 Å². The van der Waals surface area contributed by atoms with Crippen molar-refractivity contribution in [3.8, 4) is 5.75 Å². The molecule has 0 radical (unpaired) electrons. The molecule has 1 aromatic heterocycles. The summed E-state index contributed by atoms with van der Waals surface area (Å²) >= 11 is 0. The number of hydrogen-bond donors (Lipinski definition) is 2. The lowest BCUT2D eigenvalue weighted by Crippen LogP contribution is -2.30. The molecule has 0 unspecified atom stereocenters. The number of ether oxygens (including phenoxy) is 1. The van der Waals surface area contributed by atoms with Crippen LogP contribution in [0.3, 0.4) is 0 Å². The summed E-state index contributed by atoms with van der Waals surface area (Å²) in [6.07, 6.45) is 0.743. The van der Waals surface area contributed by atoms with Gasteiger partial charge in [-0.25, -0.2) is 4.79 Å². The third-order valence-electron chi connectivity index (χ3n) is 2.72. The lowest BCUT2D eigenvalue weighted by Gasteiger charge is -2.06. The van der Waals surface area contributed by atoms with Gasteiger partial charge in [0.25, 0.3) is 0 Å². The van der Waals surface area contributed by atoms with Crippen LogP contribution in [0.1, 0.15) is 11.3 Å². The fraction of sp³-hybridized carbons (Fsp3) is 0.286. The molecule has 106 valence electrons. The molecule has 1 heterocycles. The highest BCUT2D eigenvalue weighted by Crippen LogP contribution is 2.11. The van der Waals surface area contributed by atoms with E-state index in [1.165, 1.54) is 0 Å². The van der Waals surface area contributed by atoms with Gasteiger partial charge in [-0.2, -0.15) is 0 Å². The summed E-state index contributed by atoms with van der Waals surface area (Å²) in [6.45, 7) is 2.32. The zero-order chi connectivity index (χ0) is 14.4. The highest BCUT2D eigenvalue weighted by molar-refractivity contribution is 5.87. The minimum absolute atomic E-state index is 0.310. The zero-order valence-corrected chi connectivity index (χ0v) is 11.5. The van der Waals surface area contributed by atoms with Crippen molar-refractivity contribution in [1.82, 2.24) is 10.5 Å². The lowest BCUT2D eigenvalue weighted by atomic mass is 10.1. The Labute approximate surface area is 117 Å². The van der Waals surface area contributed by atoms with Crippen LogP contribution in [0, 0.1) is 6.92 Å². The highest BCUT2D eigenvalue weighted by atomic mass is 16.5. The van der Waals surface area contributed by atoms with Crippen LogP contribution < -0.4 is 15.4 Å². The smallest absolute Gasteiger partial charge is 0.321 e. The maximum Gasteiger partial charge on any atom is 0.321 e. The Morgan fingerprint density at radius 3 is 2.70 bits per heavy atom. The normalized spacial score (nSPS) is 10.1. The number of benzene rings is 1. The molecule has 1 aromatic carbocycles. The summed E-state index contributed by atoms with van der Waals surface area (Å²) in [5, 5.41) is 9.00. The molecule has 0 saturated carbocycles. The van der Waals surface area contributed by atoms with Gasteiger partial charge in [-0.05, 0) is 31.0 Å². The minimum atomic E-state index is -0.310. The van der Waals surface area contributed by atoms with E-state index in [0.717, 1.165) is 23.4 Å². The third-order valence-corrected chi connectivity index (χ3v) is 2.72. The van der Waals surface area contributed by atoms with Crippen molar-refractivity contribution in [1.29, 1.82) is 0 Å². The first-order valence-corrected chi connectivity index (χ1v) is 6.28. The second kappa shape index (κ2) is 6.60. The molecule has 0 aliphatic heterocycles. The Bertz CT molecular complexity index is 563. The SMILES string of the molecule is COc1ccc(CCNC(=O)Nc2cc(C)no2)cc1. The van der Waals surface area contributed by atoms with Crippen LogP contribution in [0.25, 0.3) is 0 Å². The molecule has 2 rings (SSSR count). The van der Waals surface area contributed by atoms with Crippen molar-refractivity contribution in [2.75, 3.05) is 19.0 Å². The van der Waals surface area contributed by atoms with Crippen LogP contribution >= 0.6 is 0 Å². The molecule has 6 heteroatoms. The van der Waals surface area contributed by atoms with Crippen molar-refractivity contribution in [2.45, 2.75) is 13.3 Å². The first kappa shape index (κ1) is 13.9. The Morgan fingerprint density at radius 1 is 1.35 bits per heavy atom. The van der Waals surface area contributed by atoms with Crippen LogP contribution in [0.4, 0.5) is 10.7 Å². The quantitative estimate of drug-likeness (QED) is 0.878. The van der Waals surface area contributed by atoms with Crippen molar-refractivity contribution < 1.29 is 14.1 Å². The van der Waals surface area contributed by atoms with E-state index in [1.54, 1.807) is 20.1 Å². The number of methoxy groups -OCH3 is 1. The van der Waals surface area contributed by atoms with Crippen molar-refractivity contribution in [2.24, 2.45) is 0 Å². The number of amides is 2. The number of rotatable bonds is 5. The van der Waals surface area contributed by atoms with Gasteiger partial charge in [0, 0.05) is 12.6 Å². The number of aryl methyl sites for hydroxylation is 1. The number of urea groups is 1. The van der Waals surface area contributed by atoms with Gasteiger partial charge in [-0.1, -0.05) is 17.3 Å². The van der Waals surface area contributed by atoms with E-state index in [-0.39, 0.29) is 6.03 Å². The molecular weight excluding hydrogens is 258 g/mol. The maximum absolute atomic E-state index is 11.6.